The molecule has 1 aliphatic heterocycles. The van der Waals surface area contributed by atoms with E-state index in [4.69, 9.17) is 16.3 Å². The van der Waals surface area contributed by atoms with Crippen LogP contribution < -0.4 is 10.1 Å². The number of carbonyl (C=O) groups excluding carboxylic acids is 2. The van der Waals surface area contributed by atoms with Gasteiger partial charge in [0.15, 0.2) is 0 Å². The molecule has 0 saturated carbocycles. The van der Waals surface area contributed by atoms with Crippen LogP contribution in [0.15, 0.2) is 54.6 Å². The fourth-order valence-corrected chi connectivity index (χ4v) is 3.45. The zero-order valence-corrected chi connectivity index (χ0v) is 16.5. The number of carbonyl (C=O) groups is 2. The number of halogens is 1. The summed E-state index contributed by atoms with van der Waals surface area (Å²) in [7, 11) is 1.55. The van der Waals surface area contributed by atoms with Crippen molar-refractivity contribution in [2.45, 2.75) is 12.8 Å². The zero-order chi connectivity index (χ0) is 19.9. The SMILES string of the molecule is COc1ccc(NC(=O)C2CCN(C(=O)/C=C/c3ccccc3)CC2)cc1Cl. The van der Waals surface area contributed by atoms with Gasteiger partial charge in [-0.2, -0.15) is 0 Å². The highest BCUT2D eigenvalue weighted by Crippen LogP contribution is 2.28. The van der Waals surface area contributed by atoms with E-state index in [2.05, 4.69) is 5.32 Å². The van der Waals surface area contributed by atoms with E-state index < -0.39 is 0 Å². The van der Waals surface area contributed by atoms with E-state index in [9.17, 15) is 9.59 Å². The van der Waals surface area contributed by atoms with Gasteiger partial charge in [-0.05, 0) is 42.7 Å². The summed E-state index contributed by atoms with van der Waals surface area (Å²) in [5.74, 6) is 0.371. The number of piperidine rings is 1. The van der Waals surface area contributed by atoms with Gasteiger partial charge in [0.25, 0.3) is 0 Å². The Bertz CT molecular complexity index is 859. The molecular formula is C22H23ClN2O3. The number of methoxy groups -OCH3 is 1. The number of hydrogen-bond acceptors (Lipinski definition) is 3. The first kappa shape index (κ1) is 20.0. The first-order valence-corrected chi connectivity index (χ1v) is 9.61. The number of nitrogens with one attached hydrogen (secondary N) is 1. The lowest BCUT2D eigenvalue weighted by molar-refractivity contribution is -0.130. The molecule has 2 aromatic rings. The summed E-state index contributed by atoms with van der Waals surface area (Å²) in [6, 6.07) is 14.9. The van der Waals surface area contributed by atoms with E-state index in [1.807, 2.05) is 36.4 Å². The van der Waals surface area contributed by atoms with E-state index >= 15 is 0 Å². The first-order valence-electron chi connectivity index (χ1n) is 9.23. The van der Waals surface area contributed by atoms with Crippen molar-refractivity contribution < 1.29 is 14.3 Å². The van der Waals surface area contributed by atoms with Crippen LogP contribution in [0.1, 0.15) is 18.4 Å². The van der Waals surface area contributed by atoms with Crippen LogP contribution >= 0.6 is 11.6 Å². The molecule has 146 valence electrons. The number of anilines is 1. The molecule has 0 unspecified atom stereocenters. The van der Waals surface area contributed by atoms with E-state index in [-0.39, 0.29) is 17.7 Å². The highest BCUT2D eigenvalue weighted by atomic mass is 35.5. The van der Waals surface area contributed by atoms with Crippen molar-refractivity contribution in [3.8, 4) is 5.75 Å². The molecule has 1 fully saturated rings. The summed E-state index contributed by atoms with van der Waals surface area (Å²) in [6.07, 6.45) is 4.69. The number of hydrogen-bond donors (Lipinski definition) is 1. The van der Waals surface area contributed by atoms with Crippen LogP contribution in [0.4, 0.5) is 5.69 Å². The third-order valence-corrected chi connectivity index (χ3v) is 5.11. The molecule has 1 aliphatic rings. The molecular weight excluding hydrogens is 376 g/mol. The second-order valence-electron chi connectivity index (χ2n) is 6.68. The molecule has 0 spiro atoms. The van der Waals surface area contributed by atoms with Gasteiger partial charge in [-0.25, -0.2) is 0 Å². The molecule has 2 aromatic carbocycles. The van der Waals surface area contributed by atoms with Crippen LogP contribution in [0, 0.1) is 5.92 Å². The summed E-state index contributed by atoms with van der Waals surface area (Å²) in [5, 5.41) is 3.35. The molecule has 3 rings (SSSR count). The molecule has 28 heavy (non-hydrogen) atoms. The average Bonchev–Trinajstić information content (AvgIpc) is 2.73. The highest BCUT2D eigenvalue weighted by molar-refractivity contribution is 6.32. The highest BCUT2D eigenvalue weighted by Gasteiger charge is 2.26. The van der Waals surface area contributed by atoms with E-state index in [0.29, 0.717) is 42.4 Å². The predicted octanol–water partition coefficient (Wildman–Crippen LogP) is 4.24. The van der Waals surface area contributed by atoms with Crippen LogP contribution in [0.5, 0.6) is 5.75 Å². The Morgan fingerprint density at radius 1 is 1.14 bits per heavy atom. The topological polar surface area (TPSA) is 58.6 Å². The van der Waals surface area contributed by atoms with Gasteiger partial charge in [0.2, 0.25) is 11.8 Å². The monoisotopic (exact) mass is 398 g/mol. The molecule has 6 heteroatoms. The van der Waals surface area contributed by atoms with Crippen molar-refractivity contribution in [2.75, 3.05) is 25.5 Å². The van der Waals surface area contributed by atoms with E-state index in [1.165, 1.54) is 0 Å². The standard InChI is InChI=1S/C22H23ClN2O3/c1-28-20-9-8-18(15-19(20)23)24-22(27)17-11-13-25(14-12-17)21(26)10-7-16-5-3-2-4-6-16/h2-10,15,17H,11-14H2,1H3,(H,24,27)/b10-7+. The largest absolute Gasteiger partial charge is 0.495 e. The second kappa shape index (κ2) is 9.42. The van der Waals surface area contributed by atoms with Gasteiger partial charge in [-0.3, -0.25) is 9.59 Å². The molecule has 0 aliphatic carbocycles. The van der Waals surface area contributed by atoms with Crippen molar-refractivity contribution in [1.82, 2.24) is 4.90 Å². The third kappa shape index (κ3) is 5.14. The molecule has 0 radical (unpaired) electrons. The minimum absolute atomic E-state index is 0.0235. The smallest absolute Gasteiger partial charge is 0.246 e. The van der Waals surface area contributed by atoms with Gasteiger partial charge in [0.1, 0.15) is 5.75 Å². The van der Waals surface area contributed by atoms with Crippen LogP contribution in [0.3, 0.4) is 0 Å². The van der Waals surface area contributed by atoms with Crippen molar-refractivity contribution in [3.63, 3.8) is 0 Å². The van der Waals surface area contributed by atoms with Crippen LogP contribution in [0.2, 0.25) is 5.02 Å². The lowest BCUT2D eigenvalue weighted by atomic mass is 9.95. The molecule has 0 atom stereocenters. The second-order valence-corrected chi connectivity index (χ2v) is 7.09. The van der Waals surface area contributed by atoms with Gasteiger partial charge < -0.3 is 15.0 Å². The molecule has 5 nitrogen and oxygen atoms in total. The fourth-order valence-electron chi connectivity index (χ4n) is 3.19. The van der Waals surface area contributed by atoms with Gasteiger partial charge in [-0.15, -0.1) is 0 Å². The van der Waals surface area contributed by atoms with Crippen molar-refractivity contribution in [3.05, 3.63) is 65.2 Å². The van der Waals surface area contributed by atoms with Crippen molar-refractivity contribution in [1.29, 1.82) is 0 Å². The summed E-state index contributed by atoms with van der Waals surface area (Å²) in [5.41, 5.74) is 1.63. The molecule has 1 saturated heterocycles. The van der Waals surface area contributed by atoms with Gasteiger partial charge in [-0.1, -0.05) is 41.9 Å². The summed E-state index contributed by atoms with van der Waals surface area (Å²) in [6.45, 7) is 1.14. The Balaban J connectivity index is 1.50. The first-order chi connectivity index (χ1) is 13.6. The molecule has 1 N–H and O–H groups in total. The number of rotatable bonds is 5. The number of likely N-dealkylation sites (tertiary alicyclic amines) is 1. The minimum Gasteiger partial charge on any atom is -0.495 e. The third-order valence-electron chi connectivity index (χ3n) is 4.81. The fraction of sp³-hybridized carbons (Fsp3) is 0.273. The Labute approximate surface area is 169 Å². The maximum atomic E-state index is 12.5. The van der Waals surface area contributed by atoms with Crippen molar-refractivity contribution >= 4 is 35.2 Å². The Kier molecular flexibility index (Phi) is 6.71. The normalized spacial score (nSPS) is 14.9. The minimum atomic E-state index is -0.122. The molecule has 0 bridgehead atoms. The van der Waals surface area contributed by atoms with E-state index in [0.717, 1.165) is 5.56 Å². The quantitative estimate of drug-likeness (QED) is 0.766. The predicted molar refractivity (Wildman–Crippen MR) is 111 cm³/mol. The van der Waals surface area contributed by atoms with Crippen LogP contribution in [-0.2, 0) is 9.59 Å². The number of amides is 2. The summed E-state index contributed by atoms with van der Waals surface area (Å²) in [4.78, 5) is 26.7. The van der Waals surface area contributed by atoms with E-state index in [1.54, 1.807) is 36.3 Å². The number of benzene rings is 2. The Morgan fingerprint density at radius 2 is 1.86 bits per heavy atom. The lowest BCUT2D eigenvalue weighted by Gasteiger charge is -2.30. The van der Waals surface area contributed by atoms with Gasteiger partial charge in [0.05, 0.1) is 12.1 Å². The molecule has 2 amide bonds. The summed E-state index contributed by atoms with van der Waals surface area (Å²) >= 11 is 6.10. The van der Waals surface area contributed by atoms with Crippen molar-refractivity contribution in [2.24, 2.45) is 5.92 Å². The van der Waals surface area contributed by atoms with Crippen LogP contribution in [-0.4, -0.2) is 36.9 Å². The Morgan fingerprint density at radius 3 is 2.50 bits per heavy atom. The average molecular weight is 399 g/mol. The number of nitrogens with zero attached hydrogens (tertiary/aromatic N) is 1. The summed E-state index contributed by atoms with van der Waals surface area (Å²) < 4.78 is 5.12. The maximum Gasteiger partial charge on any atom is 0.246 e. The zero-order valence-electron chi connectivity index (χ0n) is 15.7. The lowest BCUT2D eigenvalue weighted by Crippen LogP contribution is -2.40. The van der Waals surface area contributed by atoms with Gasteiger partial charge in [0, 0.05) is 30.8 Å². The molecule has 0 aromatic heterocycles. The number of ether oxygens (including phenoxy) is 1. The maximum absolute atomic E-state index is 12.5. The Hall–Kier alpha value is -2.79. The molecule has 1 heterocycles. The van der Waals surface area contributed by atoms with Crippen LogP contribution in [0.25, 0.3) is 6.08 Å². The van der Waals surface area contributed by atoms with Gasteiger partial charge >= 0.3 is 0 Å².